The predicted molar refractivity (Wildman–Crippen MR) is 89.9 cm³/mol. The highest BCUT2D eigenvalue weighted by Crippen LogP contribution is 2.35. The average molecular weight is 300 g/mol. The minimum absolute atomic E-state index is 0.217. The lowest BCUT2D eigenvalue weighted by molar-refractivity contribution is 0.286. The normalized spacial score (nSPS) is 11.3. The molecule has 3 rings (SSSR count). The van der Waals surface area contributed by atoms with E-state index in [-0.39, 0.29) is 6.61 Å². The molecular weight excluding hydrogens is 282 g/mol. The van der Waals surface area contributed by atoms with Gasteiger partial charge in [0.1, 0.15) is 0 Å². The van der Waals surface area contributed by atoms with Crippen LogP contribution in [0.4, 0.5) is 0 Å². The average Bonchev–Trinajstić information content (AvgIpc) is 2.54. The van der Waals surface area contributed by atoms with Crippen LogP contribution in [-0.2, 0) is 6.54 Å². The summed E-state index contributed by atoms with van der Waals surface area (Å²) in [7, 11) is 0. The van der Waals surface area contributed by atoms with Crippen molar-refractivity contribution >= 4 is 33.1 Å². The molecule has 0 aliphatic rings. The van der Waals surface area contributed by atoms with E-state index in [2.05, 4.69) is 29.6 Å². The standard InChI is InChI=1S/C18H18ClNO/c19-18-15-8-3-1-6-13(15)17(12-20-10-5-11-21)14-7-2-4-9-16(14)18/h1-4,6-9,20-21H,5,10-12H2. The van der Waals surface area contributed by atoms with Crippen LogP contribution in [0, 0.1) is 0 Å². The van der Waals surface area contributed by atoms with Gasteiger partial charge < -0.3 is 10.4 Å². The SMILES string of the molecule is OCCCNCc1c2ccccc2c(Cl)c2ccccc12. The summed E-state index contributed by atoms with van der Waals surface area (Å²) in [4.78, 5) is 0. The maximum absolute atomic E-state index is 8.89. The molecule has 0 bridgehead atoms. The van der Waals surface area contributed by atoms with Gasteiger partial charge in [-0.25, -0.2) is 0 Å². The third-order valence-electron chi connectivity index (χ3n) is 3.79. The fourth-order valence-electron chi connectivity index (χ4n) is 2.77. The second kappa shape index (κ2) is 6.44. The van der Waals surface area contributed by atoms with Gasteiger partial charge in [0.2, 0.25) is 0 Å². The maximum atomic E-state index is 8.89. The molecule has 0 atom stereocenters. The Balaban J connectivity index is 2.15. The third-order valence-corrected chi connectivity index (χ3v) is 4.20. The second-order valence-corrected chi connectivity index (χ2v) is 5.52. The van der Waals surface area contributed by atoms with Crippen molar-refractivity contribution in [2.75, 3.05) is 13.2 Å². The fraction of sp³-hybridized carbons (Fsp3) is 0.222. The monoisotopic (exact) mass is 299 g/mol. The van der Waals surface area contributed by atoms with Crippen LogP contribution in [0.15, 0.2) is 48.5 Å². The largest absolute Gasteiger partial charge is 0.396 e. The number of aliphatic hydroxyl groups is 1. The molecular formula is C18H18ClNO. The van der Waals surface area contributed by atoms with E-state index in [0.29, 0.717) is 0 Å². The molecule has 0 saturated heterocycles. The molecule has 21 heavy (non-hydrogen) atoms. The zero-order valence-corrected chi connectivity index (χ0v) is 12.5. The van der Waals surface area contributed by atoms with E-state index >= 15 is 0 Å². The molecule has 0 unspecified atom stereocenters. The van der Waals surface area contributed by atoms with E-state index in [9.17, 15) is 0 Å². The Bertz CT molecular complexity index is 713. The van der Waals surface area contributed by atoms with Crippen LogP contribution in [0.25, 0.3) is 21.5 Å². The van der Waals surface area contributed by atoms with E-state index in [1.54, 1.807) is 0 Å². The van der Waals surface area contributed by atoms with Gasteiger partial charge in [-0.05, 0) is 29.3 Å². The molecule has 3 aromatic carbocycles. The topological polar surface area (TPSA) is 32.3 Å². The number of benzene rings is 3. The number of hydrogen-bond donors (Lipinski definition) is 2. The Morgan fingerprint density at radius 1 is 0.857 bits per heavy atom. The first-order valence-corrected chi connectivity index (χ1v) is 7.60. The third kappa shape index (κ3) is 2.75. The highest BCUT2D eigenvalue weighted by atomic mass is 35.5. The molecule has 0 heterocycles. The second-order valence-electron chi connectivity index (χ2n) is 5.14. The Morgan fingerprint density at radius 2 is 1.38 bits per heavy atom. The summed E-state index contributed by atoms with van der Waals surface area (Å²) >= 11 is 6.58. The van der Waals surface area contributed by atoms with E-state index < -0.39 is 0 Å². The van der Waals surface area contributed by atoms with Gasteiger partial charge in [-0.1, -0.05) is 60.1 Å². The lowest BCUT2D eigenvalue weighted by Crippen LogP contribution is -2.16. The molecule has 3 heteroatoms. The number of rotatable bonds is 5. The first-order valence-electron chi connectivity index (χ1n) is 7.22. The van der Waals surface area contributed by atoms with Crippen LogP contribution < -0.4 is 5.32 Å². The summed E-state index contributed by atoms with van der Waals surface area (Å²) in [5.74, 6) is 0. The van der Waals surface area contributed by atoms with Crippen LogP contribution in [0.5, 0.6) is 0 Å². The van der Waals surface area contributed by atoms with Crippen LogP contribution in [0.1, 0.15) is 12.0 Å². The van der Waals surface area contributed by atoms with E-state index in [1.165, 1.54) is 16.3 Å². The smallest absolute Gasteiger partial charge is 0.0562 e. The van der Waals surface area contributed by atoms with Crippen molar-refractivity contribution in [3.05, 3.63) is 59.1 Å². The van der Waals surface area contributed by atoms with Crippen molar-refractivity contribution in [2.45, 2.75) is 13.0 Å². The van der Waals surface area contributed by atoms with Gasteiger partial charge in [-0.3, -0.25) is 0 Å². The van der Waals surface area contributed by atoms with E-state index in [1.807, 2.05) is 24.3 Å². The number of hydrogen-bond acceptors (Lipinski definition) is 2. The van der Waals surface area contributed by atoms with Gasteiger partial charge in [0, 0.05) is 23.9 Å². The molecule has 0 amide bonds. The highest BCUT2D eigenvalue weighted by Gasteiger charge is 2.11. The lowest BCUT2D eigenvalue weighted by atomic mass is 9.96. The highest BCUT2D eigenvalue weighted by molar-refractivity contribution is 6.41. The van der Waals surface area contributed by atoms with Crippen molar-refractivity contribution in [3.63, 3.8) is 0 Å². The molecule has 0 spiro atoms. The molecule has 0 fully saturated rings. The molecule has 0 aliphatic heterocycles. The summed E-state index contributed by atoms with van der Waals surface area (Å²) < 4.78 is 0. The maximum Gasteiger partial charge on any atom is 0.0562 e. The number of nitrogens with one attached hydrogen (secondary N) is 1. The van der Waals surface area contributed by atoms with Crippen molar-refractivity contribution in [1.29, 1.82) is 0 Å². The Kier molecular flexibility index (Phi) is 4.39. The minimum atomic E-state index is 0.217. The molecule has 0 aliphatic carbocycles. The lowest BCUT2D eigenvalue weighted by Gasteiger charge is -2.14. The Labute approximate surface area is 129 Å². The summed E-state index contributed by atoms with van der Waals surface area (Å²) in [5, 5.41) is 17.7. The predicted octanol–water partition coefficient (Wildman–Crippen LogP) is 4.12. The van der Waals surface area contributed by atoms with Gasteiger partial charge in [0.05, 0.1) is 5.02 Å². The van der Waals surface area contributed by atoms with Gasteiger partial charge in [-0.2, -0.15) is 0 Å². The fourth-order valence-corrected chi connectivity index (χ4v) is 3.10. The molecule has 0 aromatic heterocycles. The number of halogens is 1. The molecule has 108 valence electrons. The van der Waals surface area contributed by atoms with Crippen LogP contribution >= 0.6 is 11.6 Å². The quantitative estimate of drug-likeness (QED) is 0.549. The molecule has 2 N–H and O–H groups in total. The van der Waals surface area contributed by atoms with Gasteiger partial charge in [-0.15, -0.1) is 0 Å². The van der Waals surface area contributed by atoms with Crippen molar-refractivity contribution in [3.8, 4) is 0 Å². The minimum Gasteiger partial charge on any atom is -0.396 e. The molecule has 0 saturated carbocycles. The Hall–Kier alpha value is -1.61. The molecule has 3 aromatic rings. The van der Waals surface area contributed by atoms with Crippen molar-refractivity contribution in [1.82, 2.24) is 5.32 Å². The summed E-state index contributed by atoms with van der Waals surface area (Å²) in [5.41, 5.74) is 1.27. The molecule has 2 nitrogen and oxygen atoms in total. The van der Waals surface area contributed by atoms with Crippen LogP contribution in [0.2, 0.25) is 5.02 Å². The number of aliphatic hydroxyl groups excluding tert-OH is 1. The Morgan fingerprint density at radius 3 is 1.90 bits per heavy atom. The molecule has 0 radical (unpaired) electrons. The summed E-state index contributed by atoms with van der Waals surface area (Å²) in [6.45, 7) is 1.80. The zero-order valence-electron chi connectivity index (χ0n) is 11.8. The van der Waals surface area contributed by atoms with E-state index in [0.717, 1.165) is 35.3 Å². The van der Waals surface area contributed by atoms with E-state index in [4.69, 9.17) is 16.7 Å². The summed E-state index contributed by atoms with van der Waals surface area (Å²) in [6, 6.07) is 16.5. The summed E-state index contributed by atoms with van der Waals surface area (Å²) in [6.07, 6.45) is 0.767. The first kappa shape index (κ1) is 14.3. The van der Waals surface area contributed by atoms with Crippen molar-refractivity contribution in [2.24, 2.45) is 0 Å². The van der Waals surface area contributed by atoms with Gasteiger partial charge in [0.15, 0.2) is 0 Å². The number of fused-ring (bicyclic) bond motifs is 2. The zero-order chi connectivity index (χ0) is 14.7. The van der Waals surface area contributed by atoms with Crippen LogP contribution in [-0.4, -0.2) is 18.3 Å². The van der Waals surface area contributed by atoms with Gasteiger partial charge >= 0.3 is 0 Å². The van der Waals surface area contributed by atoms with Crippen molar-refractivity contribution < 1.29 is 5.11 Å². The first-order chi connectivity index (χ1) is 10.3. The van der Waals surface area contributed by atoms with Crippen LogP contribution in [0.3, 0.4) is 0 Å². The van der Waals surface area contributed by atoms with Gasteiger partial charge in [0.25, 0.3) is 0 Å².